The van der Waals surface area contributed by atoms with E-state index in [1.54, 1.807) is 81.4 Å². The summed E-state index contributed by atoms with van der Waals surface area (Å²) in [4.78, 5) is 69.5. The van der Waals surface area contributed by atoms with Crippen LogP contribution in [0.15, 0.2) is 73.3 Å². The molecule has 12 nitrogen and oxygen atoms in total. The molecule has 1 fully saturated rings. The molecule has 1 aliphatic heterocycles. The number of likely N-dealkylation sites (tertiary alicyclic amines) is 1. The molecule has 3 rings (SSSR count). The molecule has 1 saturated heterocycles. The Morgan fingerprint density at radius 1 is 0.943 bits per heavy atom. The van der Waals surface area contributed by atoms with Crippen LogP contribution < -0.4 is 21.3 Å². The quantitative estimate of drug-likeness (QED) is 0.129. The van der Waals surface area contributed by atoms with E-state index in [4.69, 9.17) is 0 Å². The summed E-state index contributed by atoms with van der Waals surface area (Å²) < 4.78 is 26.7. The molecule has 53 heavy (non-hydrogen) atoms. The molecule has 2 unspecified atom stereocenters. The molecule has 13 heteroatoms. The molecule has 5 amide bonds. The number of amides is 5. The lowest BCUT2D eigenvalue weighted by Crippen LogP contribution is -2.61. The van der Waals surface area contributed by atoms with Crippen molar-refractivity contribution in [1.82, 2.24) is 26.2 Å². The lowest BCUT2D eigenvalue weighted by molar-refractivity contribution is -0.144. The van der Waals surface area contributed by atoms with Gasteiger partial charge in [-0.15, -0.1) is 6.58 Å². The number of rotatable bonds is 18. The second kappa shape index (κ2) is 19.5. The zero-order chi connectivity index (χ0) is 39.3. The maximum atomic E-state index is 14.5. The van der Waals surface area contributed by atoms with Crippen LogP contribution in [0.4, 0.5) is 4.79 Å². The average Bonchev–Trinajstić information content (AvgIpc) is 3.56. The molecule has 1 aliphatic rings. The number of Topliss-reactive ketones (excluding diaryl/α,β-unsaturated/α-hetero) is 1. The highest BCUT2D eigenvalue weighted by Crippen LogP contribution is 2.33. The minimum absolute atomic E-state index is 0.00181. The normalized spacial score (nSPS) is 17.7. The van der Waals surface area contributed by atoms with E-state index in [-0.39, 0.29) is 42.9 Å². The molecule has 0 aliphatic carbocycles. The van der Waals surface area contributed by atoms with Crippen molar-refractivity contribution in [3.05, 3.63) is 84.4 Å². The van der Waals surface area contributed by atoms with Crippen LogP contribution >= 0.6 is 0 Å². The first-order valence-corrected chi connectivity index (χ1v) is 20.2. The summed E-state index contributed by atoms with van der Waals surface area (Å²) >= 11 is 0. The SMILES string of the molecule is C=CCNC(=O)C(=O)C(CCCC)NC(=O)[C@@H]1C(C(C)C)CCN1C(=O)[C@@H](NC(=O)N[C@H](CS(=O)(=O)Cc1ccccc1)c1ccccc1)C(C)(C)C. The molecule has 290 valence electrons. The van der Waals surface area contributed by atoms with Crippen molar-refractivity contribution < 1.29 is 32.4 Å². The van der Waals surface area contributed by atoms with E-state index in [9.17, 15) is 32.4 Å². The molecule has 5 atom stereocenters. The zero-order valence-corrected chi connectivity index (χ0v) is 32.7. The van der Waals surface area contributed by atoms with E-state index >= 15 is 0 Å². The Labute approximate surface area is 314 Å². The Morgan fingerprint density at radius 3 is 2.13 bits per heavy atom. The van der Waals surface area contributed by atoms with E-state index in [2.05, 4.69) is 27.8 Å². The first-order valence-electron chi connectivity index (χ1n) is 18.4. The third kappa shape index (κ3) is 12.5. The average molecular weight is 752 g/mol. The minimum Gasteiger partial charge on any atom is -0.346 e. The van der Waals surface area contributed by atoms with Crippen molar-refractivity contribution in [2.24, 2.45) is 17.3 Å². The van der Waals surface area contributed by atoms with E-state index in [0.29, 0.717) is 24.0 Å². The van der Waals surface area contributed by atoms with Crippen LogP contribution in [0.3, 0.4) is 0 Å². The van der Waals surface area contributed by atoms with Crippen LogP contribution in [0.1, 0.15) is 84.4 Å². The van der Waals surface area contributed by atoms with Gasteiger partial charge >= 0.3 is 6.03 Å². The first kappa shape index (κ1) is 42.9. The predicted octanol–water partition coefficient (Wildman–Crippen LogP) is 4.48. The summed E-state index contributed by atoms with van der Waals surface area (Å²) in [5.41, 5.74) is 0.387. The van der Waals surface area contributed by atoms with Gasteiger partial charge in [0.1, 0.15) is 12.1 Å². The van der Waals surface area contributed by atoms with Gasteiger partial charge in [0, 0.05) is 13.1 Å². The molecule has 2 aromatic rings. The van der Waals surface area contributed by atoms with E-state index in [1.807, 2.05) is 20.8 Å². The second-order valence-corrected chi connectivity index (χ2v) is 17.3. The van der Waals surface area contributed by atoms with Crippen LogP contribution in [0.2, 0.25) is 0 Å². The van der Waals surface area contributed by atoms with Crippen molar-refractivity contribution in [2.45, 2.75) is 97.1 Å². The molecule has 0 saturated carbocycles. The van der Waals surface area contributed by atoms with Crippen LogP contribution in [0.5, 0.6) is 0 Å². The molecule has 1 heterocycles. The van der Waals surface area contributed by atoms with Crippen LogP contribution in [0.25, 0.3) is 0 Å². The molecular formula is C40H57N5O7S. The molecule has 0 spiro atoms. The van der Waals surface area contributed by atoms with Crippen molar-refractivity contribution in [2.75, 3.05) is 18.8 Å². The fraction of sp³-hybridized carbons (Fsp3) is 0.525. The van der Waals surface area contributed by atoms with Gasteiger partial charge in [0.2, 0.25) is 17.6 Å². The summed E-state index contributed by atoms with van der Waals surface area (Å²) in [6, 6.07) is 12.8. The van der Waals surface area contributed by atoms with Crippen LogP contribution in [-0.2, 0) is 34.8 Å². The van der Waals surface area contributed by atoms with E-state index in [0.717, 1.165) is 6.42 Å². The number of unbranched alkanes of at least 4 members (excludes halogenated alkanes) is 1. The summed E-state index contributed by atoms with van der Waals surface area (Å²) in [6.07, 6.45) is 3.56. The van der Waals surface area contributed by atoms with Gasteiger partial charge in [-0.1, -0.05) is 121 Å². The fourth-order valence-corrected chi connectivity index (χ4v) is 8.24. The molecule has 0 bridgehead atoms. The van der Waals surface area contributed by atoms with Crippen LogP contribution in [-0.4, -0.2) is 79.8 Å². The minimum atomic E-state index is -3.69. The highest BCUT2D eigenvalue weighted by atomic mass is 32.2. The second-order valence-electron chi connectivity index (χ2n) is 15.2. The molecule has 0 aromatic heterocycles. The maximum absolute atomic E-state index is 14.5. The van der Waals surface area contributed by atoms with E-state index in [1.165, 1.54) is 11.0 Å². The summed E-state index contributed by atoms with van der Waals surface area (Å²) in [7, 11) is -3.69. The Balaban J connectivity index is 1.87. The van der Waals surface area contributed by atoms with Crippen molar-refractivity contribution >= 4 is 39.4 Å². The number of carbonyl (C=O) groups is 5. The van der Waals surface area contributed by atoms with Gasteiger partial charge in [0.15, 0.2) is 9.84 Å². The number of ketones is 1. The standard InChI is InChI=1S/C40H57N5O7S/c1-8-10-21-31(34(46)37(48)41-23-9-2)42-36(47)33-30(27(3)4)22-24-45(33)38(49)35(40(5,6)7)44-39(50)43-32(29-19-15-12-16-20-29)26-53(51,52)25-28-17-13-11-14-18-28/h9,11-20,27,30-33,35H,2,8,10,21-26H2,1,3-7H3,(H,41,48)(H,42,47)(H2,43,44,50)/t30?,31?,32-,33+,35-/m1/s1. The lowest BCUT2D eigenvalue weighted by Gasteiger charge is -2.37. The predicted molar refractivity (Wildman–Crippen MR) is 206 cm³/mol. The van der Waals surface area contributed by atoms with Gasteiger partial charge in [0.05, 0.1) is 23.6 Å². The Bertz CT molecular complexity index is 1680. The summed E-state index contributed by atoms with van der Waals surface area (Å²) in [5, 5.41) is 10.9. The molecule has 2 aromatic carbocycles. The third-order valence-electron chi connectivity index (χ3n) is 9.51. The number of sulfone groups is 1. The largest absolute Gasteiger partial charge is 0.346 e. The summed E-state index contributed by atoms with van der Waals surface area (Å²) in [5.74, 6) is -3.44. The third-order valence-corrected chi connectivity index (χ3v) is 11.1. The number of hydrogen-bond donors (Lipinski definition) is 4. The van der Waals surface area contributed by atoms with Gasteiger partial charge in [-0.25, -0.2) is 13.2 Å². The number of nitrogens with one attached hydrogen (secondary N) is 4. The zero-order valence-electron chi connectivity index (χ0n) is 31.9. The highest BCUT2D eigenvalue weighted by Gasteiger charge is 2.47. The molecule has 4 N–H and O–H groups in total. The number of urea groups is 1. The van der Waals surface area contributed by atoms with Crippen LogP contribution in [0, 0.1) is 17.3 Å². The van der Waals surface area contributed by atoms with Gasteiger partial charge in [0.25, 0.3) is 5.91 Å². The fourth-order valence-electron chi connectivity index (χ4n) is 6.63. The smallest absolute Gasteiger partial charge is 0.315 e. The van der Waals surface area contributed by atoms with Gasteiger partial charge in [-0.05, 0) is 41.2 Å². The number of benzene rings is 2. The van der Waals surface area contributed by atoms with E-state index < -0.39 is 69.0 Å². The maximum Gasteiger partial charge on any atom is 0.315 e. The van der Waals surface area contributed by atoms with Gasteiger partial charge in [-0.2, -0.15) is 0 Å². The van der Waals surface area contributed by atoms with Gasteiger partial charge < -0.3 is 26.2 Å². The van der Waals surface area contributed by atoms with Gasteiger partial charge in [-0.3, -0.25) is 19.2 Å². The number of nitrogens with zero attached hydrogens (tertiary/aromatic N) is 1. The Morgan fingerprint density at radius 2 is 1.57 bits per heavy atom. The monoisotopic (exact) mass is 751 g/mol. The van der Waals surface area contributed by atoms with Crippen molar-refractivity contribution in [3.8, 4) is 0 Å². The number of carbonyl (C=O) groups excluding carboxylic acids is 5. The number of hydrogen-bond acceptors (Lipinski definition) is 7. The molecular weight excluding hydrogens is 695 g/mol. The lowest BCUT2D eigenvalue weighted by atomic mass is 9.84. The first-order chi connectivity index (χ1) is 25.0. The van der Waals surface area contributed by atoms with Crippen molar-refractivity contribution in [3.63, 3.8) is 0 Å². The summed E-state index contributed by atoms with van der Waals surface area (Å²) in [6.45, 7) is 15.1. The molecule has 0 radical (unpaired) electrons. The Kier molecular flexibility index (Phi) is 15.8. The Hall–Kier alpha value is -4.52. The highest BCUT2D eigenvalue weighted by molar-refractivity contribution is 7.90. The topological polar surface area (TPSA) is 171 Å². The van der Waals surface area contributed by atoms with Crippen molar-refractivity contribution in [1.29, 1.82) is 0 Å².